The van der Waals surface area contributed by atoms with Crippen molar-refractivity contribution >= 4 is 0 Å². The van der Waals surface area contributed by atoms with Crippen LogP contribution in [0.25, 0.3) is 0 Å². The third-order valence-corrected chi connectivity index (χ3v) is 1.31. The highest BCUT2D eigenvalue weighted by Crippen LogP contribution is 1.96. The molecule has 0 atom stereocenters. The first-order valence-corrected chi connectivity index (χ1v) is 3.76. The van der Waals surface area contributed by atoms with Crippen molar-refractivity contribution < 1.29 is 0 Å². The molecular formula is C13H5N. The molecule has 0 aliphatic rings. The van der Waals surface area contributed by atoms with Gasteiger partial charge in [-0.1, -0.05) is 5.92 Å². The molecule has 14 heavy (non-hydrogen) atoms. The van der Waals surface area contributed by atoms with Gasteiger partial charge >= 0.3 is 0 Å². The lowest BCUT2D eigenvalue weighted by molar-refractivity contribution is 1.27. The molecule has 1 aromatic rings. The predicted molar refractivity (Wildman–Crippen MR) is 55.7 cm³/mol. The van der Waals surface area contributed by atoms with Gasteiger partial charge in [-0.3, -0.25) is 0 Å². The first kappa shape index (κ1) is 9.48. The molecule has 1 heterocycles. The molecule has 0 radical (unpaired) electrons. The molecule has 1 nitrogen and oxygen atoms in total. The Bertz CT molecular complexity index is 463. The van der Waals surface area contributed by atoms with Crippen LogP contribution in [-0.4, -0.2) is 4.98 Å². The van der Waals surface area contributed by atoms with E-state index in [1.807, 2.05) is 0 Å². The summed E-state index contributed by atoms with van der Waals surface area (Å²) in [5, 5.41) is 0. The molecule has 0 aliphatic heterocycles. The summed E-state index contributed by atoms with van der Waals surface area (Å²) in [6, 6.07) is 3.53. The van der Waals surface area contributed by atoms with Crippen molar-refractivity contribution in [2.24, 2.45) is 0 Å². The fourth-order valence-electron chi connectivity index (χ4n) is 0.750. The summed E-state index contributed by atoms with van der Waals surface area (Å²) >= 11 is 0. The van der Waals surface area contributed by atoms with E-state index in [4.69, 9.17) is 12.8 Å². The Morgan fingerprint density at radius 1 is 1.00 bits per heavy atom. The van der Waals surface area contributed by atoms with Crippen LogP contribution >= 0.6 is 0 Å². The highest BCUT2D eigenvalue weighted by Gasteiger charge is 1.88. The van der Waals surface area contributed by atoms with E-state index < -0.39 is 0 Å². The van der Waals surface area contributed by atoms with Crippen molar-refractivity contribution in [2.75, 3.05) is 0 Å². The van der Waals surface area contributed by atoms with Gasteiger partial charge in [-0.2, -0.15) is 0 Å². The van der Waals surface area contributed by atoms with Crippen molar-refractivity contribution in [3.05, 3.63) is 29.6 Å². The molecule has 0 saturated heterocycles. The summed E-state index contributed by atoms with van der Waals surface area (Å²) in [6.07, 6.45) is 11.6. The van der Waals surface area contributed by atoms with Gasteiger partial charge in [-0.15, -0.1) is 12.8 Å². The maximum absolute atomic E-state index is 4.98. The predicted octanol–water partition coefficient (Wildman–Crippen LogP) is 1.05. The molecule has 1 rings (SSSR count). The van der Waals surface area contributed by atoms with Crippen molar-refractivity contribution in [2.45, 2.75) is 0 Å². The Morgan fingerprint density at radius 2 is 1.71 bits per heavy atom. The van der Waals surface area contributed by atoms with Gasteiger partial charge in [-0.25, -0.2) is 4.98 Å². The Morgan fingerprint density at radius 3 is 2.29 bits per heavy atom. The van der Waals surface area contributed by atoms with Crippen molar-refractivity contribution in [3.8, 4) is 48.4 Å². The quantitative estimate of drug-likeness (QED) is 0.537. The zero-order chi connectivity index (χ0) is 10.2. The minimum atomic E-state index is 0.620. The van der Waals surface area contributed by atoms with Crippen LogP contribution in [-0.2, 0) is 0 Å². The zero-order valence-electron chi connectivity index (χ0n) is 7.33. The summed E-state index contributed by atoms with van der Waals surface area (Å²) in [5.74, 6) is 14.8. The van der Waals surface area contributed by atoms with E-state index in [1.165, 1.54) is 0 Å². The first-order chi connectivity index (χ1) is 6.86. The molecule has 0 aliphatic carbocycles. The smallest absolute Gasteiger partial charge is 0.114 e. The van der Waals surface area contributed by atoms with Crippen molar-refractivity contribution in [3.63, 3.8) is 0 Å². The van der Waals surface area contributed by atoms with Gasteiger partial charge in [0.2, 0.25) is 0 Å². The Balaban J connectivity index is 2.92. The molecule has 0 N–H and O–H groups in total. The molecule has 62 valence electrons. The minimum Gasteiger partial charge on any atom is -0.246 e. The lowest BCUT2D eigenvalue weighted by Gasteiger charge is -1.89. The van der Waals surface area contributed by atoms with E-state index in [0.717, 1.165) is 5.56 Å². The second-order valence-corrected chi connectivity index (χ2v) is 2.22. The summed E-state index contributed by atoms with van der Waals surface area (Å²) in [7, 11) is 0. The number of rotatable bonds is 0. The monoisotopic (exact) mass is 175 g/mol. The molecule has 0 saturated carbocycles. The first-order valence-electron chi connectivity index (χ1n) is 3.76. The van der Waals surface area contributed by atoms with E-state index >= 15 is 0 Å². The van der Waals surface area contributed by atoms with E-state index in [2.05, 4.69) is 40.5 Å². The second kappa shape index (κ2) is 5.11. The fourth-order valence-corrected chi connectivity index (χ4v) is 0.750. The molecule has 0 fully saturated rings. The van der Waals surface area contributed by atoms with Crippen LogP contribution in [0.2, 0.25) is 0 Å². The third-order valence-electron chi connectivity index (χ3n) is 1.31. The van der Waals surface area contributed by atoms with Crippen molar-refractivity contribution in [1.29, 1.82) is 0 Å². The van der Waals surface area contributed by atoms with E-state index in [0.29, 0.717) is 5.69 Å². The summed E-state index contributed by atoms with van der Waals surface area (Å²) in [4.78, 5) is 4.03. The lowest BCUT2D eigenvalue weighted by Crippen LogP contribution is -1.82. The Kier molecular flexibility index (Phi) is 3.46. The van der Waals surface area contributed by atoms with Crippen LogP contribution in [0.4, 0.5) is 0 Å². The highest BCUT2D eigenvalue weighted by molar-refractivity contribution is 5.41. The maximum Gasteiger partial charge on any atom is 0.114 e. The SMILES string of the molecule is C#CC#Cc1ccc(C#CC#C)nc1. The zero-order valence-corrected chi connectivity index (χ0v) is 7.33. The number of hydrogen-bond acceptors (Lipinski definition) is 1. The van der Waals surface area contributed by atoms with Gasteiger partial charge in [0.05, 0.1) is 0 Å². The lowest BCUT2D eigenvalue weighted by atomic mass is 10.2. The summed E-state index contributed by atoms with van der Waals surface area (Å²) < 4.78 is 0. The molecule has 0 unspecified atom stereocenters. The Hall–Kier alpha value is -2.61. The van der Waals surface area contributed by atoms with E-state index in [-0.39, 0.29) is 0 Å². The minimum absolute atomic E-state index is 0.620. The highest BCUT2D eigenvalue weighted by atomic mass is 14.7. The Labute approximate surface area is 83.6 Å². The van der Waals surface area contributed by atoms with Crippen LogP contribution < -0.4 is 0 Å². The number of terminal acetylenes is 2. The fraction of sp³-hybridized carbons (Fsp3) is 0. The summed E-state index contributed by atoms with van der Waals surface area (Å²) in [6.45, 7) is 0. The maximum atomic E-state index is 4.98. The second-order valence-electron chi connectivity index (χ2n) is 2.22. The number of nitrogens with zero attached hydrogens (tertiary/aromatic N) is 1. The molecule has 0 aromatic carbocycles. The van der Waals surface area contributed by atoms with Gasteiger partial charge in [0.25, 0.3) is 0 Å². The van der Waals surface area contributed by atoms with Crippen LogP contribution in [0.1, 0.15) is 11.3 Å². The van der Waals surface area contributed by atoms with Crippen LogP contribution in [0.3, 0.4) is 0 Å². The van der Waals surface area contributed by atoms with Gasteiger partial charge in [0.15, 0.2) is 0 Å². The number of hydrogen-bond donors (Lipinski definition) is 0. The standard InChI is InChI=1S/C13H5N/c1-3-5-7-12-9-10-13(14-11-12)8-6-4-2/h1-2,9-11H. The largest absolute Gasteiger partial charge is 0.246 e. The average Bonchev–Trinajstić information content (AvgIpc) is 2.25. The molecular weight excluding hydrogens is 170 g/mol. The molecule has 0 amide bonds. The molecule has 0 bridgehead atoms. The normalized spacial score (nSPS) is 6.71. The number of pyridine rings is 1. The van der Waals surface area contributed by atoms with Crippen molar-refractivity contribution in [1.82, 2.24) is 4.98 Å². The molecule has 1 heteroatoms. The third kappa shape index (κ3) is 2.79. The van der Waals surface area contributed by atoms with Gasteiger partial charge in [0, 0.05) is 11.8 Å². The van der Waals surface area contributed by atoms with Crippen LogP contribution in [0, 0.1) is 48.4 Å². The van der Waals surface area contributed by atoms with Gasteiger partial charge in [0.1, 0.15) is 5.69 Å². The molecule has 0 spiro atoms. The topological polar surface area (TPSA) is 12.9 Å². The van der Waals surface area contributed by atoms with Gasteiger partial charge < -0.3 is 0 Å². The van der Waals surface area contributed by atoms with E-state index in [1.54, 1.807) is 18.3 Å². The average molecular weight is 175 g/mol. The number of aromatic nitrogens is 1. The van der Waals surface area contributed by atoms with Gasteiger partial charge in [-0.05, 0) is 41.7 Å². The summed E-state index contributed by atoms with van der Waals surface area (Å²) in [5.41, 5.74) is 1.38. The van der Waals surface area contributed by atoms with E-state index in [9.17, 15) is 0 Å². The van der Waals surface area contributed by atoms with Crippen LogP contribution in [0.5, 0.6) is 0 Å². The van der Waals surface area contributed by atoms with Crippen LogP contribution in [0.15, 0.2) is 18.3 Å². The molecule has 1 aromatic heterocycles.